The second kappa shape index (κ2) is 15.1. The minimum absolute atomic E-state index is 0.0916. The Labute approximate surface area is 416 Å². The average Bonchev–Trinajstić information content (AvgIpc) is 3.84. The molecule has 6 heteroatoms. The second-order valence-electron chi connectivity index (χ2n) is 22.4. The van der Waals surface area contributed by atoms with Gasteiger partial charge in [0.25, 0.3) is 5.56 Å². The third kappa shape index (κ3) is 5.68. The molecule has 4 aliphatic carbocycles. The summed E-state index contributed by atoms with van der Waals surface area (Å²) >= 11 is 0. The van der Waals surface area contributed by atoms with E-state index in [-0.39, 0.29) is 12.4 Å². The number of benzene rings is 8. The fourth-order valence-corrected chi connectivity index (χ4v) is 15.3. The Hall–Kier alpha value is -7.31. The summed E-state index contributed by atoms with van der Waals surface area (Å²) in [5.74, 6) is 4.98. The number of hydrogen-bond donors (Lipinski definition) is 0. The Kier molecular flexibility index (Phi) is 8.82. The third-order valence-corrected chi connectivity index (χ3v) is 17.9. The molecule has 8 aromatic carbocycles. The van der Waals surface area contributed by atoms with Crippen molar-refractivity contribution in [2.24, 2.45) is 11.8 Å². The first-order valence-electron chi connectivity index (χ1n) is 26.3. The second-order valence-corrected chi connectivity index (χ2v) is 22.4. The van der Waals surface area contributed by atoms with Crippen molar-refractivity contribution in [2.75, 3.05) is 4.90 Å². The van der Waals surface area contributed by atoms with Crippen molar-refractivity contribution in [3.8, 4) is 28.3 Å². The van der Waals surface area contributed by atoms with Crippen LogP contribution in [0.4, 0.5) is 17.1 Å². The van der Waals surface area contributed by atoms with Crippen LogP contribution in [0.15, 0.2) is 175 Å². The van der Waals surface area contributed by atoms with Gasteiger partial charge in [-0.1, -0.05) is 137 Å². The van der Waals surface area contributed by atoms with E-state index in [0.29, 0.717) is 23.7 Å². The fraction of sp³-hybridized carbons (Fsp3) is 0.246. The zero-order valence-electron chi connectivity index (χ0n) is 40.9. The van der Waals surface area contributed by atoms with Gasteiger partial charge in [0, 0.05) is 28.2 Å². The number of aromatic nitrogens is 2. The van der Waals surface area contributed by atoms with E-state index in [1.807, 2.05) is 0 Å². The standard InChI is InChI=1S/C65H56BN3O2/c1-38(2)48-20-15-21-49(39(3)4)62(48)42-26-27-53-57(33-42)66-63-56(65(53)54-22-11-13-24-60(54)71-61-25-14-12-23-55(61)65)34-47(67(45-16-7-5-8-17-45)46-18-9-6-10-19-46)35-59(63)68-58-37-51-44-31-40-28-41(32-44)30-43(29-40)50(51)36-52(58)64(70)69(66)68/h5-27,33-41,43-44H,28-32H2,1-4H3. The molecular formula is C65H56BN3O2. The van der Waals surface area contributed by atoms with Crippen LogP contribution >= 0.6 is 0 Å². The van der Waals surface area contributed by atoms with E-state index in [4.69, 9.17) is 4.74 Å². The molecule has 2 fully saturated rings. The maximum Gasteiger partial charge on any atom is 0.354 e. The largest absolute Gasteiger partial charge is 0.457 e. The summed E-state index contributed by atoms with van der Waals surface area (Å²) in [4.78, 5) is 18.5. The van der Waals surface area contributed by atoms with Crippen molar-refractivity contribution in [2.45, 2.75) is 88.9 Å². The van der Waals surface area contributed by atoms with Gasteiger partial charge in [-0.3, -0.25) is 14.1 Å². The average molecular weight is 922 g/mol. The van der Waals surface area contributed by atoms with Crippen LogP contribution in [0.3, 0.4) is 0 Å². The number of anilines is 3. The molecule has 346 valence electrons. The lowest BCUT2D eigenvalue weighted by atomic mass is 9.40. The molecule has 0 amide bonds. The Bertz CT molecular complexity index is 3630. The molecular weight excluding hydrogens is 866 g/mol. The summed E-state index contributed by atoms with van der Waals surface area (Å²) in [5, 5.41) is 0.845. The minimum Gasteiger partial charge on any atom is -0.457 e. The van der Waals surface area contributed by atoms with E-state index in [2.05, 4.69) is 212 Å². The quantitative estimate of drug-likeness (QED) is 0.156. The molecule has 5 nitrogen and oxygen atoms in total. The summed E-state index contributed by atoms with van der Waals surface area (Å²) in [6.07, 6.45) is 6.43. The molecule has 4 heterocycles. The SMILES string of the molecule is CC(C)c1cccc(C(C)C)c1-c1ccc2c(c1)B1c3c(cc(N(c4ccccc4)c4ccccc4)cc3C23c2ccccc2Oc2ccccc23)-n2c3cc4c(cc3c(=O)n21)C1CC2CC(C1)CC4C2. The van der Waals surface area contributed by atoms with Gasteiger partial charge < -0.3 is 9.64 Å². The molecule has 71 heavy (non-hydrogen) atoms. The van der Waals surface area contributed by atoms with Crippen LogP contribution in [0, 0.1) is 11.8 Å². The molecule has 2 unspecified atom stereocenters. The Morgan fingerprint density at radius 3 is 1.75 bits per heavy atom. The molecule has 0 saturated heterocycles. The van der Waals surface area contributed by atoms with Gasteiger partial charge in [-0.25, -0.2) is 0 Å². The summed E-state index contributed by atoms with van der Waals surface area (Å²) in [6.45, 7) is 8.87. The number of ether oxygens (including phenoxy) is 1. The predicted molar refractivity (Wildman–Crippen MR) is 290 cm³/mol. The van der Waals surface area contributed by atoms with Crippen molar-refractivity contribution in [1.82, 2.24) is 9.27 Å². The van der Waals surface area contributed by atoms with Crippen LogP contribution in [-0.2, 0) is 5.41 Å². The summed E-state index contributed by atoms with van der Waals surface area (Å²) in [6, 6.07) is 62.8. The molecule has 1 spiro atoms. The van der Waals surface area contributed by atoms with E-state index in [1.54, 1.807) is 0 Å². The zero-order chi connectivity index (χ0) is 47.4. The van der Waals surface area contributed by atoms with E-state index >= 15 is 4.79 Å². The third-order valence-electron chi connectivity index (χ3n) is 17.9. The molecule has 16 rings (SSSR count). The summed E-state index contributed by atoms with van der Waals surface area (Å²) in [7, 11) is 0. The van der Waals surface area contributed by atoms with Gasteiger partial charge in [-0.15, -0.1) is 0 Å². The van der Waals surface area contributed by atoms with Gasteiger partial charge in [0.05, 0.1) is 22.0 Å². The van der Waals surface area contributed by atoms with E-state index in [0.717, 1.165) is 73.6 Å². The monoisotopic (exact) mass is 921 g/mol. The smallest absolute Gasteiger partial charge is 0.354 e. The number of rotatable bonds is 6. The van der Waals surface area contributed by atoms with Crippen molar-refractivity contribution in [1.29, 1.82) is 0 Å². The van der Waals surface area contributed by atoms with Crippen molar-refractivity contribution in [3.05, 3.63) is 225 Å². The molecule has 2 atom stereocenters. The lowest BCUT2D eigenvalue weighted by Crippen LogP contribution is -2.60. The minimum atomic E-state index is -0.813. The molecule has 9 aromatic rings. The molecule has 7 aliphatic rings. The first-order valence-corrected chi connectivity index (χ1v) is 26.3. The fourth-order valence-electron chi connectivity index (χ4n) is 15.3. The lowest BCUT2D eigenvalue weighted by molar-refractivity contribution is 0.166. The van der Waals surface area contributed by atoms with Gasteiger partial charge in [-0.2, -0.15) is 0 Å². The summed E-state index contributed by atoms with van der Waals surface area (Å²) in [5.41, 5.74) is 19.6. The highest BCUT2D eigenvalue weighted by Crippen LogP contribution is 2.59. The molecule has 3 aliphatic heterocycles. The zero-order valence-corrected chi connectivity index (χ0v) is 40.9. The van der Waals surface area contributed by atoms with Crippen molar-refractivity contribution >= 4 is 45.7 Å². The van der Waals surface area contributed by atoms with Crippen molar-refractivity contribution < 1.29 is 4.74 Å². The van der Waals surface area contributed by atoms with Crippen LogP contribution in [0.25, 0.3) is 27.7 Å². The number of fused-ring (bicyclic) bond motifs is 13. The molecule has 4 bridgehead atoms. The van der Waals surface area contributed by atoms with Crippen LogP contribution < -0.4 is 26.1 Å². The van der Waals surface area contributed by atoms with Gasteiger partial charge in [-0.05, 0) is 184 Å². The van der Waals surface area contributed by atoms with Crippen LogP contribution in [-0.4, -0.2) is 16.1 Å². The van der Waals surface area contributed by atoms with Crippen LogP contribution in [0.5, 0.6) is 11.5 Å². The number of nitrogens with zero attached hydrogens (tertiary/aromatic N) is 3. The number of para-hydroxylation sites is 4. The predicted octanol–water partition coefficient (Wildman–Crippen LogP) is 14.3. The number of hydrogen-bond acceptors (Lipinski definition) is 3. The Morgan fingerprint density at radius 2 is 1.14 bits per heavy atom. The summed E-state index contributed by atoms with van der Waals surface area (Å²) < 4.78 is 11.5. The molecule has 2 saturated carbocycles. The van der Waals surface area contributed by atoms with E-state index < -0.39 is 5.41 Å². The molecule has 1 aromatic heterocycles. The van der Waals surface area contributed by atoms with E-state index in [1.165, 1.54) is 82.1 Å². The van der Waals surface area contributed by atoms with Gasteiger partial charge in [0.2, 0.25) is 0 Å². The maximum absolute atomic E-state index is 16.1. The topological polar surface area (TPSA) is 39.4 Å². The van der Waals surface area contributed by atoms with Gasteiger partial charge in [0.15, 0.2) is 0 Å². The van der Waals surface area contributed by atoms with Gasteiger partial charge in [0.1, 0.15) is 11.5 Å². The molecule has 0 radical (unpaired) electrons. The van der Waals surface area contributed by atoms with Crippen LogP contribution in [0.2, 0.25) is 0 Å². The van der Waals surface area contributed by atoms with Crippen molar-refractivity contribution in [3.63, 3.8) is 0 Å². The first-order chi connectivity index (χ1) is 34.8. The normalized spacial score (nSPS) is 20.1. The highest BCUT2D eigenvalue weighted by molar-refractivity contribution is 6.87. The van der Waals surface area contributed by atoms with Gasteiger partial charge >= 0.3 is 6.85 Å². The lowest BCUT2D eigenvalue weighted by Gasteiger charge is -2.46. The first kappa shape index (κ1) is 41.5. The van der Waals surface area contributed by atoms with E-state index in [9.17, 15) is 0 Å². The highest BCUT2D eigenvalue weighted by Gasteiger charge is 2.56. The Balaban J connectivity index is 1.11. The molecule has 0 N–H and O–H groups in total. The highest BCUT2D eigenvalue weighted by atomic mass is 16.5. The van der Waals surface area contributed by atoms with Crippen LogP contribution in [0.1, 0.15) is 128 Å². The Morgan fingerprint density at radius 1 is 0.563 bits per heavy atom. The maximum atomic E-state index is 16.1.